The lowest BCUT2D eigenvalue weighted by molar-refractivity contribution is 0.145. The van der Waals surface area contributed by atoms with E-state index >= 15 is 0 Å². The Morgan fingerprint density at radius 1 is 1.06 bits per heavy atom. The molecule has 7 heteroatoms. The molecule has 0 aliphatic rings. The molecule has 0 saturated carbocycles. The van der Waals surface area contributed by atoms with Crippen molar-refractivity contribution >= 4 is 10.9 Å². The van der Waals surface area contributed by atoms with E-state index in [-0.39, 0.29) is 17.1 Å². The number of aromatic amines is 1. The van der Waals surface area contributed by atoms with Gasteiger partial charge in [-0.25, -0.2) is 4.68 Å². The summed E-state index contributed by atoms with van der Waals surface area (Å²) < 4.78 is 1.97. The maximum Gasteiger partial charge on any atom is 0.252 e. The van der Waals surface area contributed by atoms with E-state index in [0.717, 1.165) is 47.1 Å². The number of fused-ring (bicyclic) bond motifs is 1. The zero-order chi connectivity index (χ0) is 25.0. The fraction of sp³-hybridized carbons (Fsp3) is 0.429. The third-order valence-electron chi connectivity index (χ3n) is 7.00. The van der Waals surface area contributed by atoms with Gasteiger partial charge in [-0.05, 0) is 66.6 Å². The van der Waals surface area contributed by atoms with Gasteiger partial charge in [-0.2, -0.15) is 0 Å². The quantitative estimate of drug-likeness (QED) is 0.329. The number of tetrazole rings is 1. The summed E-state index contributed by atoms with van der Waals surface area (Å²) in [5.41, 5.74) is 3.64. The molecule has 1 unspecified atom stereocenters. The van der Waals surface area contributed by atoms with Gasteiger partial charge < -0.3 is 4.98 Å². The van der Waals surface area contributed by atoms with E-state index in [1.807, 2.05) is 35.9 Å². The van der Waals surface area contributed by atoms with Gasteiger partial charge in [0.15, 0.2) is 5.82 Å². The van der Waals surface area contributed by atoms with Crippen LogP contribution in [-0.2, 0) is 18.6 Å². The summed E-state index contributed by atoms with van der Waals surface area (Å²) in [7, 11) is 0. The summed E-state index contributed by atoms with van der Waals surface area (Å²) in [5.74, 6) is 0.850. The molecular formula is C28H36N6O. The van der Waals surface area contributed by atoms with Gasteiger partial charge in [-0.1, -0.05) is 68.8 Å². The summed E-state index contributed by atoms with van der Waals surface area (Å²) >= 11 is 0. The first-order valence-electron chi connectivity index (χ1n) is 12.5. The van der Waals surface area contributed by atoms with E-state index in [2.05, 4.69) is 83.4 Å². The van der Waals surface area contributed by atoms with Gasteiger partial charge in [-0.3, -0.25) is 9.69 Å². The highest BCUT2D eigenvalue weighted by molar-refractivity contribution is 5.81. The minimum atomic E-state index is -0.207. The number of para-hydroxylation sites is 1. The molecule has 0 saturated heterocycles. The van der Waals surface area contributed by atoms with Crippen LogP contribution in [0, 0.1) is 6.92 Å². The van der Waals surface area contributed by atoms with Gasteiger partial charge in [0.1, 0.15) is 0 Å². The Kier molecular flexibility index (Phi) is 7.45. The minimum absolute atomic E-state index is 0.0337. The second kappa shape index (κ2) is 10.5. The maximum absolute atomic E-state index is 13.2. The maximum atomic E-state index is 13.2. The first-order chi connectivity index (χ1) is 16.8. The van der Waals surface area contributed by atoms with Gasteiger partial charge in [0.2, 0.25) is 0 Å². The van der Waals surface area contributed by atoms with E-state index in [1.54, 1.807) is 0 Å². The van der Waals surface area contributed by atoms with Gasteiger partial charge in [0.25, 0.3) is 5.56 Å². The van der Waals surface area contributed by atoms with E-state index in [1.165, 1.54) is 5.56 Å². The number of benzene rings is 2. The molecule has 1 N–H and O–H groups in total. The second-order valence-corrected chi connectivity index (χ2v) is 9.97. The molecule has 0 amide bonds. The summed E-state index contributed by atoms with van der Waals surface area (Å²) in [4.78, 5) is 18.6. The molecule has 4 rings (SSSR count). The summed E-state index contributed by atoms with van der Waals surface area (Å²) in [6.07, 6.45) is 2.77. The lowest BCUT2D eigenvalue weighted by Gasteiger charge is -2.33. The molecule has 0 spiro atoms. The zero-order valence-electron chi connectivity index (χ0n) is 21.5. The van der Waals surface area contributed by atoms with E-state index in [9.17, 15) is 4.79 Å². The molecule has 2 heterocycles. The first-order valence-corrected chi connectivity index (χ1v) is 12.5. The average Bonchev–Trinajstić information content (AvgIpc) is 3.34. The predicted molar refractivity (Wildman–Crippen MR) is 140 cm³/mol. The number of nitrogens with zero attached hydrogens (tertiary/aromatic N) is 5. The number of rotatable bonds is 10. The Labute approximate surface area is 207 Å². The number of aryl methyl sites for hydroxylation is 1. The number of H-pyrrole nitrogens is 1. The Morgan fingerprint density at radius 2 is 1.83 bits per heavy atom. The minimum Gasteiger partial charge on any atom is -0.321 e. The van der Waals surface area contributed by atoms with Crippen LogP contribution in [-0.4, -0.2) is 30.1 Å². The number of aromatic nitrogens is 5. The molecule has 0 aliphatic heterocycles. The van der Waals surface area contributed by atoms with Crippen LogP contribution in [0.15, 0.2) is 59.4 Å². The Hall–Kier alpha value is -3.32. The number of hydrogen-bond donors (Lipinski definition) is 1. The van der Waals surface area contributed by atoms with Gasteiger partial charge in [-0.15, -0.1) is 5.10 Å². The summed E-state index contributed by atoms with van der Waals surface area (Å²) in [6.45, 7) is 11.9. The number of pyridine rings is 1. The Bertz CT molecular complexity index is 1320. The molecule has 1 atom stereocenters. The van der Waals surface area contributed by atoms with Gasteiger partial charge >= 0.3 is 0 Å². The van der Waals surface area contributed by atoms with Crippen molar-refractivity contribution in [3.05, 3.63) is 87.5 Å². The molecule has 7 nitrogen and oxygen atoms in total. The average molecular weight is 473 g/mol. The smallest absolute Gasteiger partial charge is 0.252 e. The molecular weight excluding hydrogens is 436 g/mol. The van der Waals surface area contributed by atoms with Crippen molar-refractivity contribution < 1.29 is 0 Å². The highest BCUT2D eigenvalue weighted by atomic mass is 16.1. The monoisotopic (exact) mass is 472 g/mol. The highest BCUT2D eigenvalue weighted by Gasteiger charge is 2.31. The highest BCUT2D eigenvalue weighted by Crippen LogP contribution is 2.31. The van der Waals surface area contributed by atoms with E-state index in [4.69, 9.17) is 0 Å². The molecule has 0 fully saturated rings. The molecule has 2 aromatic carbocycles. The van der Waals surface area contributed by atoms with E-state index in [0.29, 0.717) is 13.1 Å². The van der Waals surface area contributed by atoms with Crippen molar-refractivity contribution in [1.29, 1.82) is 0 Å². The van der Waals surface area contributed by atoms with E-state index < -0.39 is 0 Å². The second-order valence-electron chi connectivity index (χ2n) is 9.97. The van der Waals surface area contributed by atoms with Crippen molar-refractivity contribution in [1.82, 2.24) is 30.1 Å². The van der Waals surface area contributed by atoms with Crippen molar-refractivity contribution in [3.8, 4) is 0 Å². The Balaban J connectivity index is 1.79. The van der Waals surface area contributed by atoms with Crippen LogP contribution in [0.1, 0.15) is 75.5 Å². The van der Waals surface area contributed by atoms with Gasteiger partial charge in [0, 0.05) is 18.7 Å². The van der Waals surface area contributed by atoms with Crippen LogP contribution >= 0.6 is 0 Å². The third-order valence-corrected chi connectivity index (χ3v) is 7.00. The molecule has 4 aromatic rings. The van der Waals surface area contributed by atoms with Crippen LogP contribution < -0.4 is 5.56 Å². The number of nitrogens with one attached hydrogen (secondary N) is 1. The normalized spacial score (nSPS) is 13.0. The predicted octanol–water partition coefficient (Wildman–Crippen LogP) is 5.51. The van der Waals surface area contributed by atoms with Crippen molar-refractivity contribution in [2.24, 2.45) is 0 Å². The first kappa shape index (κ1) is 24.8. The van der Waals surface area contributed by atoms with Crippen LogP contribution in [0.3, 0.4) is 0 Å². The van der Waals surface area contributed by atoms with Crippen molar-refractivity contribution in [2.45, 2.75) is 78.6 Å². The van der Waals surface area contributed by atoms with Crippen LogP contribution in [0.2, 0.25) is 0 Å². The fourth-order valence-electron chi connectivity index (χ4n) is 4.59. The Morgan fingerprint density at radius 3 is 2.54 bits per heavy atom. The lowest BCUT2D eigenvalue weighted by atomic mass is 10.00. The van der Waals surface area contributed by atoms with Gasteiger partial charge in [0.05, 0.1) is 17.1 Å². The van der Waals surface area contributed by atoms with Crippen LogP contribution in [0.5, 0.6) is 0 Å². The molecule has 184 valence electrons. The zero-order valence-corrected chi connectivity index (χ0v) is 21.5. The lowest BCUT2D eigenvalue weighted by Crippen LogP contribution is -2.36. The topological polar surface area (TPSA) is 79.7 Å². The molecule has 0 radical (unpaired) electrons. The molecule has 0 bridgehead atoms. The fourth-order valence-corrected chi connectivity index (χ4v) is 4.59. The van der Waals surface area contributed by atoms with Crippen molar-refractivity contribution in [3.63, 3.8) is 0 Å². The van der Waals surface area contributed by atoms with Crippen molar-refractivity contribution in [2.75, 3.05) is 0 Å². The molecule has 35 heavy (non-hydrogen) atoms. The standard InChI is InChI=1S/C28H36N6O/c1-6-12-24(26-30-31-32-34(26)28(4,5)7-2)33(18-21-14-9-8-10-15-21)19-23-17-22-16-11-13-20(3)25(22)29-27(23)35/h8-11,13-17,24H,6-7,12,18-19H2,1-5H3,(H,29,35). The summed E-state index contributed by atoms with van der Waals surface area (Å²) in [6, 6.07) is 18.5. The SMILES string of the molecule is CCCC(c1nnnn1C(C)(C)CC)N(Cc1ccccc1)Cc1cc2cccc(C)c2[nH]c1=O. The third kappa shape index (κ3) is 5.35. The van der Waals surface area contributed by atoms with Crippen LogP contribution in [0.25, 0.3) is 10.9 Å². The summed E-state index contributed by atoms with van der Waals surface area (Å²) in [5, 5.41) is 14.0. The number of hydrogen-bond acceptors (Lipinski definition) is 5. The molecule has 2 aromatic heterocycles. The largest absolute Gasteiger partial charge is 0.321 e. The van der Waals surface area contributed by atoms with Crippen LogP contribution in [0.4, 0.5) is 0 Å². The molecule has 0 aliphatic carbocycles.